The van der Waals surface area contributed by atoms with Gasteiger partial charge in [0, 0.05) is 11.2 Å². The maximum Gasteiger partial charge on any atom is 0.246 e. The van der Waals surface area contributed by atoms with E-state index in [0.717, 1.165) is 6.42 Å². The van der Waals surface area contributed by atoms with Crippen LogP contribution in [0.1, 0.15) is 13.3 Å². The maximum atomic E-state index is 12.0. The summed E-state index contributed by atoms with van der Waals surface area (Å²) in [6.07, 6.45) is 2.52. The van der Waals surface area contributed by atoms with Gasteiger partial charge >= 0.3 is 0 Å². The van der Waals surface area contributed by atoms with Crippen molar-refractivity contribution in [2.24, 2.45) is 0 Å². The number of carbonyl (C=O) groups excluding carboxylic acids is 1. The van der Waals surface area contributed by atoms with Gasteiger partial charge in [-0.1, -0.05) is 18.5 Å². The number of ether oxygens (including phenoxy) is 1. The first kappa shape index (κ1) is 15.2. The van der Waals surface area contributed by atoms with Crippen LogP contribution in [0.4, 0.5) is 11.5 Å². The van der Waals surface area contributed by atoms with Gasteiger partial charge in [-0.2, -0.15) is 5.10 Å². The third-order valence-electron chi connectivity index (χ3n) is 2.64. The minimum Gasteiger partial charge on any atom is -0.491 e. The van der Waals surface area contributed by atoms with Crippen LogP contribution < -0.4 is 15.8 Å². The molecule has 2 rings (SSSR count). The highest BCUT2D eigenvalue weighted by Gasteiger charge is 2.10. The second-order valence-electron chi connectivity index (χ2n) is 4.48. The molecule has 0 bridgehead atoms. The fourth-order valence-electron chi connectivity index (χ4n) is 1.74. The van der Waals surface area contributed by atoms with Gasteiger partial charge in [0.05, 0.1) is 12.3 Å². The van der Waals surface area contributed by atoms with Gasteiger partial charge in [-0.25, -0.2) is 0 Å². The molecule has 0 saturated heterocycles. The zero-order valence-corrected chi connectivity index (χ0v) is 12.4. The Labute approximate surface area is 127 Å². The summed E-state index contributed by atoms with van der Waals surface area (Å²) in [5.74, 6) is 0.730. The van der Waals surface area contributed by atoms with E-state index < -0.39 is 0 Å². The number of amides is 1. The summed E-state index contributed by atoms with van der Waals surface area (Å²) in [5.41, 5.74) is 6.05. The molecule has 6 nitrogen and oxygen atoms in total. The molecule has 0 unspecified atom stereocenters. The highest BCUT2D eigenvalue weighted by atomic mass is 35.5. The highest BCUT2D eigenvalue weighted by molar-refractivity contribution is 6.31. The molecule has 0 saturated carbocycles. The van der Waals surface area contributed by atoms with Gasteiger partial charge in [0.15, 0.2) is 0 Å². The minimum atomic E-state index is -0.235. The molecule has 0 atom stereocenters. The predicted molar refractivity (Wildman–Crippen MR) is 82.5 cm³/mol. The number of anilines is 2. The monoisotopic (exact) mass is 308 g/mol. The van der Waals surface area contributed by atoms with Gasteiger partial charge in [0.25, 0.3) is 0 Å². The first-order chi connectivity index (χ1) is 10.1. The molecule has 21 heavy (non-hydrogen) atoms. The number of aromatic nitrogens is 2. The lowest BCUT2D eigenvalue weighted by molar-refractivity contribution is -0.116. The van der Waals surface area contributed by atoms with Crippen molar-refractivity contribution in [3.63, 3.8) is 0 Å². The Bertz CT molecular complexity index is 627. The molecule has 2 aromatic rings. The minimum absolute atomic E-state index is 0.0664. The standard InChI is InChI=1S/C14H17ClN4O2/c1-2-7-21-12-4-3-10(15)8-11(12)17-14(20)9-19-6-5-13(16)18-19/h3-6,8H,2,7,9H2,1H3,(H2,16,18)(H,17,20). The predicted octanol–water partition coefficient (Wildman–Crippen LogP) is 2.55. The lowest BCUT2D eigenvalue weighted by atomic mass is 10.3. The summed E-state index contributed by atoms with van der Waals surface area (Å²) >= 11 is 5.96. The number of halogens is 1. The molecule has 0 fully saturated rings. The number of benzene rings is 1. The second-order valence-corrected chi connectivity index (χ2v) is 4.91. The van der Waals surface area contributed by atoms with Crippen molar-refractivity contribution in [2.45, 2.75) is 19.9 Å². The van der Waals surface area contributed by atoms with Crippen LogP contribution in [0, 0.1) is 0 Å². The van der Waals surface area contributed by atoms with Crippen LogP contribution in [0.2, 0.25) is 5.02 Å². The zero-order chi connectivity index (χ0) is 15.2. The SMILES string of the molecule is CCCOc1ccc(Cl)cc1NC(=O)Cn1ccc(N)n1. The summed E-state index contributed by atoms with van der Waals surface area (Å²) in [6.45, 7) is 2.65. The number of nitrogens with two attached hydrogens (primary N) is 1. The van der Waals surface area contributed by atoms with Gasteiger partial charge in [-0.05, 0) is 30.7 Å². The lowest BCUT2D eigenvalue weighted by Gasteiger charge is -2.12. The van der Waals surface area contributed by atoms with E-state index in [1.54, 1.807) is 30.5 Å². The van der Waals surface area contributed by atoms with Crippen molar-refractivity contribution in [2.75, 3.05) is 17.7 Å². The molecule has 3 N–H and O–H groups in total. The molecular formula is C14H17ClN4O2. The summed E-state index contributed by atoms with van der Waals surface area (Å²) in [4.78, 5) is 12.0. The van der Waals surface area contributed by atoms with Crippen LogP contribution in [0.3, 0.4) is 0 Å². The number of hydrogen-bond acceptors (Lipinski definition) is 4. The Balaban J connectivity index is 2.06. The van der Waals surface area contributed by atoms with Crippen molar-refractivity contribution in [1.82, 2.24) is 9.78 Å². The Kier molecular flexibility index (Phi) is 5.05. The van der Waals surface area contributed by atoms with Crippen molar-refractivity contribution >= 4 is 29.0 Å². The zero-order valence-electron chi connectivity index (χ0n) is 11.7. The fourth-order valence-corrected chi connectivity index (χ4v) is 1.91. The van der Waals surface area contributed by atoms with Crippen LogP contribution in [0.5, 0.6) is 5.75 Å². The van der Waals surface area contributed by atoms with Gasteiger partial charge in [0.2, 0.25) is 5.91 Å². The number of nitrogens with one attached hydrogen (secondary N) is 1. The van der Waals surface area contributed by atoms with E-state index in [9.17, 15) is 4.79 Å². The smallest absolute Gasteiger partial charge is 0.246 e. The average molecular weight is 309 g/mol. The number of nitrogens with zero attached hydrogens (tertiary/aromatic N) is 2. The van der Waals surface area contributed by atoms with Gasteiger partial charge in [-0.3, -0.25) is 9.48 Å². The molecule has 1 aromatic heterocycles. The van der Waals surface area contributed by atoms with E-state index in [1.807, 2.05) is 6.92 Å². The van der Waals surface area contributed by atoms with Crippen LogP contribution in [-0.4, -0.2) is 22.3 Å². The molecule has 112 valence electrons. The lowest BCUT2D eigenvalue weighted by Crippen LogP contribution is -2.19. The Morgan fingerprint density at radius 3 is 2.95 bits per heavy atom. The largest absolute Gasteiger partial charge is 0.491 e. The molecule has 0 aliphatic carbocycles. The first-order valence-corrected chi connectivity index (χ1v) is 6.97. The van der Waals surface area contributed by atoms with Crippen molar-refractivity contribution in [3.8, 4) is 5.75 Å². The Morgan fingerprint density at radius 1 is 1.48 bits per heavy atom. The summed E-state index contributed by atoms with van der Waals surface area (Å²) in [6, 6.07) is 6.74. The molecule has 0 radical (unpaired) electrons. The molecule has 1 heterocycles. The van der Waals surface area contributed by atoms with Gasteiger partial charge in [0.1, 0.15) is 18.1 Å². The number of nitrogen functional groups attached to an aromatic ring is 1. The van der Waals surface area contributed by atoms with Crippen LogP contribution in [0.25, 0.3) is 0 Å². The summed E-state index contributed by atoms with van der Waals surface area (Å²) in [5, 5.41) is 7.25. The molecule has 0 aliphatic heterocycles. The number of rotatable bonds is 6. The molecule has 0 spiro atoms. The van der Waals surface area contributed by atoms with E-state index in [2.05, 4.69) is 10.4 Å². The fraction of sp³-hybridized carbons (Fsp3) is 0.286. The quantitative estimate of drug-likeness (QED) is 0.859. The molecule has 0 aliphatic rings. The van der Waals surface area contributed by atoms with E-state index >= 15 is 0 Å². The highest BCUT2D eigenvalue weighted by Crippen LogP contribution is 2.28. The van der Waals surface area contributed by atoms with Crippen LogP contribution >= 0.6 is 11.6 Å². The second kappa shape index (κ2) is 6.99. The van der Waals surface area contributed by atoms with Gasteiger partial charge in [-0.15, -0.1) is 0 Å². The summed E-state index contributed by atoms with van der Waals surface area (Å²) < 4.78 is 7.04. The third-order valence-corrected chi connectivity index (χ3v) is 2.88. The molecule has 1 amide bonds. The van der Waals surface area contributed by atoms with Crippen LogP contribution in [-0.2, 0) is 11.3 Å². The molecule has 1 aromatic carbocycles. The summed E-state index contributed by atoms with van der Waals surface area (Å²) in [7, 11) is 0. The topological polar surface area (TPSA) is 82.2 Å². The Hall–Kier alpha value is -2.21. The van der Waals surface area contributed by atoms with E-state index in [1.165, 1.54) is 4.68 Å². The molecular weight excluding hydrogens is 292 g/mol. The van der Waals surface area contributed by atoms with Crippen molar-refractivity contribution < 1.29 is 9.53 Å². The number of carbonyl (C=O) groups is 1. The maximum absolute atomic E-state index is 12.0. The third kappa shape index (κ3) is 4.39. The normalized spacial score (nSPS) is 10.4. The van der Waals surface area contributed by atoms with Crippen LogP contribution in [0.15, 0.2) is 30.5 Å². The van der Waals surface area contributed by atoms with E-state index in [-0.39, 0.29) is 12.5 Å². The van der Waals surface area contributed by atoms with E-state index in [0.29, 0.717) is 28.9 Å². The number of hydrogen-bond donors (Lipinski definition) is 2. The molecule has 7 heteroatoms. The van der Waals surface area contributed by atoms with Crippen molar-refractivity contribution in [1.29, 1.82) is 0 Å². The van der Waals surface area contributed by atoms with E-state index in [4.69, 9.17) is 22.1 Å². The van der Waals surface area contributed by atoms with Crippen molar-refractivity contribution in [3.05, 3.63) is 35.5 Å². The van der Waals surface area contributed by atoms with Gasteiger partial charge < -0.3 is 15.8 Å². The Morgan fingerprint density at radius 2 is 2.29 bits per heavy atom. The average Bonchev–Trinajstić information content (AvgIpc) is 2.83. The first-order valence-electron chi connectivity index (χ1n) is 6.59.